The zero-order valence-corrected chi connectivity index (χ0v) is 20.8. The van der Waals surface area contributed by atoms with Crippen LogP contribution in [-0.4, -0.2) is 16.6 Å². The Morgan fingerprint density at radius 2 is 1.77 bits per heavy atom. The summed E-state index contributed by atoms with van der Waals surface area (Å²) in [4.78, 5) is 31.0. The Balaban J connectivity index is 1.15. The van der Waals surface area contributed by atoms with E-state index in [2.05, 4.69) is 4.98 Å². The van der Waals surface area contributed by atoms with E-state index in [9.17, 15) is 14.0 Å². The van der Waals surface area contributed by atoms with Gasteiger partial charge in [0.2, 0.25) is 0 Å². The summed E-state index contributed by atoms with van der Waals surface area (Å²) in [6.07, 6.45) is 12.8. The molecule has 2 bridgehead atoms. The van der Waals surface area contributed by atoms with Crippen LogP contribution in [0, 0.1) is 47.2 Å². The number of nitrogens with zero attached hydrogens (tertiary/aromatic N) is 1. The van der Waals surface area contributed by atoms with Crippen LogP contribution >= 0.6 is 0 Å². The molecule has 0 spiro atoms. The summed E-state index contributed by atoms with van der Waals surface area (Å²) < 4.78 is 13.7. The molecule has 0 saturated heterocycles. The van der Waals surface area contributed by atoms with Crippen LogP contribution in [0.1, 0.15) is 97.2 Å². The number of rotatable bonds is 7. The second kappa shape index (κ2) is 8.64. The number of aryl methyl sites for hydroxylation is 1. The lowest BCUT2D eigenvalue weighted by Gasteiger charge is -2.52. The van der Waals surface area contributed by atoms with Gasteiger partial charge in [0.05, 0.1) is 0 Å². The molecule has 4 fully saturated rings. The number of hydrogen-bond acceptors (Lipinski definition) is 3. The number of hydrogen-bond donors (Lipinski definition) is 0. The predicted octanol–water partition coefficient (Wildman–Crippen LogP) is 7.38. The second-order valence-corrected chi connectivity index (χ2v) is 12.2. The Kier molecular flexibility index (Phi) is 5.69. The third kappa shape index (κ3) is 3.97. The van der Waals surface area contributed by atoms with E-state index in [0.717, 1.165) is 31.4 Å². The summed E-state index contributed by atoms with van der Waals surface area (Å²) in [5.74, 6) is 1.15. The molecule has 6 atom stereocenters. The van der Waals surface area contributed by atoms with E-state index < -0.39 is 0 Å². The van der Waals surface area contributed by atoms with Crippen molar-refractivity contribution in [3.8, 4) is 0 Å². The molecule has 4 aliphatic carbocycles. The summed E-state index contributed by atoms with van der Waals surface area (Å²) >= 11 is 0. The van der Waals surface area contributed by atoms with E-state index in [0.29, 0.717) is 33.9 Å². The smallest absolute Gasteiger partial charge is 0.184 e. The third-order valence-corrected chi connectivity index (χ3v) is 10.4. The minimum atomic E-state index is -0.330. The van der Waals surface area contributed by atoms with Gasteiger partial charge in [-0.05, 0) is 118 Å². The molecular formula is C31H36FNO2. The highest BCUT2D eigenvalue weighted by Gasteiger charge is 2.59. The fourth-order valence-corrected chi connectivity index (χ4v) is 8.45. The van der Waals surface area contributed by atoms with Gasteiger partial charge >= 0.3 is 0 Å². The predicted molar refractivity (Wildman–Crippen MR) is 134 cm³/mol. The minimum Gasteiger partial charge on any atom is -0.294 e. The van der Waals surface area contributed by atoms with Gasteiger partial charge in [0.1, 0.15) is 11.5 Å². The lowest BCUT2D eigenvalue weighted by atomic mass is 9.52. The van der Waals surface area contributed by atoms with Crippen molar-refractivity contribution >= 4 is 11.6 Å². The number of ketones is 2. The topological polar surface area (TPSA) is 47.0 Å². The molecule has 0 aliphatic heterocycles. The van der Waals surface area contributed by atoms with Crippen LogP contribution in [0.15, 0.2) is 42.5 Å². The normalized spacial score (nSPS) is 35.7. The van der Waals surface area contributed by atoms with Gasteiger partial charge in [-0.1, -0.05) is 24.6 Å². The van der Waals surface area contributed by atoms with Crippen LogP contribution in [0.2, 0.25) is 0 Å². The fourth-order valence-electron chi connectivity index (χ4n) is 8.45. The van der Waals surface area contributed by atoms with E-state index in [1.807, 2.05) is 25.1 Å². The van der Waals surface area contributed by atoms with Crippen molar-refractivity contribution < 1.29 is 14.0 Å². The molecule has 1 aromatic heterocycles. The lowest BCUT2D eigenvalue weighted by molar-refractivity contribution is -0.0178. The third-order valence-electron chi connectivity index (χ3n) is 10.4. The van der Waals surface area contributed by atoms with Gasteiger partial charge in [-0.3, -0.25) is 14.6 Å². The maximum Gasteiger partial charge on any atom is 0.184 e. The summed E-state index contributed by atoms with van der Waals surface area (Å²) in [7, 11) is 0. The van der Waals surface area contributed by atoms with Gasteiger partial charge in [-0.15, -0.1) is 0 Å². The standard InChI is InChI=1S/C31H36FNO2/c1-20-5-2-8-27(33-20)29(35)25-11-12-26(25)31-14-4-13-30(19-31,15-16-31)18-22-9-10-24(22)28(34)21-6-3-7-23(32)17-21/h2-3,5-8,17,22,24-26H,4,9-16,18-19H2,1H3/t22?,24?,25?,26-,30-,31?/m1/s1. The Labute approximate surface area is 207 Å². The number of Topliss-reactive ketones (excluding diaryl/α,β-unsaturated/α-hetero) is 2. The summed E-state index contributed by atoms with van der Waals surface area (Å²) in [6.45, 7) is 1.95. The zero-order valence-electron chi connectivity index (χ0n) is 20.8. The number of halogens is 1. The van der Waals surface area contributed by atoms with Gasteiger partial charge in [-0.2, -0.15) is 0 Å². The fraction of sp³-hybridized carbons (Fsp3) is 0.581. The molecule has 0 N–H and O–H groups in total. The quantitative estimate of drug-likeness (QED) is 0.394. The number of carbonyl (C=O) groups is 2. The molecule has 1 aromatic carbocycles. The van der Waals surface area contributed by atoms with E-state index in [-0.39, 0.29) is 29.2 Å². The van der Waals surface area contributed by atoms with Crippen LogP contribution in [0.25, 0.3) is 0 Å². The number of pyridine rings is 1. The molecule has 184 valence electrons. The van der Waals surface area contributed by atoms with Gasteiger partial charge in [0, 0.05) is 23.1 Å². The van der Waals surface area contributed by atoms with E-state index in [1.165, 1.54) is 57.1 Å². The average Bonchev–Trinajstić information content (AvgIpc) is 3.06. The molecule has 4 saturated carbocycles. The molecule has 1 heterocycles. The summed E-state index contributed by atoms with van der Waals surface area (Å²) in [5.41, 5.74) is 2.71. The Hall–Kier alpha value is -2.36. The van der Waals surface area contributed by atoms with Gasteiger partial charge in [-0.25, -0.2) is 4.39 Å². The highest BCUT2D eigenvalue weighted by molar-refractivity contribution is 5.98. The van der Waals surface area contributed by atoms with Crippen molar-refractivity contribution in [1.82, 2.24) is 4.98 Å². The van der Waals surface area contributed by atoms with Crippen molar-refractivity contribution in [1.29, 1.82) is 0 Å². The molecule has 4 unspecified atom stereocenters. The molecule has 4 heteroatoms. The maximum atomic E-state index is 13.7. The van der Waals surface area contributed by atoms with Crippen LogP contribution in [0.5, 0.6) is 0 Å². The molecule has 3 nitrogen and oxygen atoms in total. The van der Waals surface area contributed by atoms with E-state index in [4.69, 9.17) is 0 Å². The number of aromatic nitrogens is 1. The highest BCUT2D eigenvalue weighted by Crippen LogP contribution is 2.68. The molecule has 35 heavy (non-hydrogen) atoms. The zero-order chi connectivity index (χ0) is 24.2. The van der Waals surface area contributed by atoms with Crippen molar-refractivity contribution in [2.75, 3.05) is 0 Å². The van der Waals surface area contributed by atoms with E-state index in [1.54, 1.807) is 12.1 Å². The summed E-state index contributed by atoms with van der Waals surface area (Å²) in [5, 5.41) is 0. The molecule has 4 aliphatic rings. The number of benzene rings is 1. The second-order valence-electron chi connectivity index (χ2n) is 12.2. The average molecular weight is 474 g/mol. The monoisotopic (exact) mass is 473 g/mol. The number of carbonyl (C=O) groups excluding carboxylic acids is 2. The lowest BCUT2D eigenvalue weighted by Crippen LogP contribution is -2.46. The van der Waals surface area contributed by atoms with Crippen molar-refractivity contribution in [3.05, 3.63) is 65.2 Å². The van der Waals surface area contributed by atoms with Crippen LogP contribution in [0.4, 0.5) is 4.39 Å². The molecule has 0 radical (unpaired) electrons. The van der Waals surface area contributed by atoms with E-state index >= 15 is 0 Å². The van der Waals surface area contributed by atoms with Crippen LogP contribution in [-0.2, 0) is 0 Å². The molecule has 2 aromatic rings. The van der Waals surface area contributed by atoms with Gasteiger partial charge in [0.15, 0.2) is 11.6 Å². The molecule has 0 amide bonds. The Morgan fingerprint density at radius 1 is 0.943 bits per heavy atom. The van der Waals surface area contributed by atoms with Crippen molar-refractivity contribution in [3.63, 3.8) is 0 Å². The number of fused-ring (bicyclic) bond motifs is 2. The largest absolute Gasteiger partial charge is 0.294 e. The highest BCUT2D eigenvalue weighted by atomic mass is 19.1. The molecule has 6 rings (SSSR count). The van der Waals surface area contributed by atoms with Crippen molar-refractivity contribution in [2.24, 2.45) is 34.5 Å². The Morgan fingerprint density at radius 3 is 2.49 bits per heavy atom. The summed E-state index contributed by atoms with van der Waals surface area (Å²) in [6, 6.07) is 12.0. The Bertz CT molecular complexity index is 1160. The SMILES string of the molecule is Cc1cccc(C(=O)C2CC[C@H]2C23CCC[C@](CC4CCC4C(=O)c4cccc(F)c4)(CC2)C3)n1. The first-order valence-corrected chi connectivity index (χ1v) is 13.7. The first-order valence-electron chi connectivity index (χ1n) is 13.7. The maximum absolute atomic E-state index is 13.7. The van der Waals surface area contributed by atoms with Gasteiger partial charge in [0.25, 0.3) is 0 Å². The van der Waals surface area contributed by atoms with Crippen LogP contribution in [0.3, 0.4) is 0 Å². The van der Waals surface area contributed by atoms with Crippen LogP contribution < -0.4 is 0 Å². The minimum absolute atomic E-state index is 0.0496. The van der Waals surface area contributed by atoms with Crippen molar-refractivity contribution in [2.45, 2.75) is 77.6 Å². The van der Waals surface area contributed by atoms with Gasteiger partial charge < -0.3 is 0 Å². The first-order chi connectivity index (χ1) is 16.9. The first kappa shape index (κ1) is 23.1. The molecular weight excluding hydrogens is 437 g/mol.